The maximum absolute atomic E-state index is 12.9. The Bertz CT molecular complexity index is 940. The topological polar surface area (TPSA) is 104 Å². The van der Waals surface area contributed by atoms with Gasteiger partial charge in [-0.25, -0.2) is 4.79 Å². The molecule has 1 aromatic carbocycles. The monoisotopic (exact) mass is 499 g/mol. The molecule has 8 heteroatoms. The summed E-state index contributed by atoms with van der Waals surface area (Å²) >= 11 is 1.55. The van der Waals surface area contributed by atoms with Crippen molar-refractivity contribution in [1.29, 1.82) is 5.26 Å². The van der Waals surface area contributed by atoms with E-state index in [9.17, 15) is 14.9 Å². The van der Waals surface area contributed by atoms with E-state index in [1.165, 1.54) is 0 Å². The fourth-order valence-corrected chi connectivity index (χ4v) is 4.56. The first-order valence-electron chi connectivity index (χ1n) is 12.2. The molecule has 1 heterocycles. The number of ketones is 1. The van der Waals surface area contributed by atoms with E-state index in [0.29, 0.717) is 35.1 Å². The number of carbonyl (C=O) groups excluding carboxylic acids is 2. The zero-order chi connectivity index (χ0) is 25.5. The molecule has 35 heavy (non-hydrogen) atoms. The highest BCUT2D eigenvalue weighted by Gasteiger charge is 2.21. The summed E-state index contributed by atoms with van der Waals surface area (Å²) in [6.07, 6.45) is 4.58. The van der Waals surface area contributed by atoms with Gasteiger partial charge in [0.2, 0.25) is 0 Å². The number of hydrogen-bond acceptors (Lipinski definition) is 7. The SMILES string of the molecule is CCCCC(NCC(CC(C)C)NC(=O)OCc1ccccc1C#N)C(=O)CSCc1ccco1. The molecule has 2 aromatic rings. The number of nitriles is 1. The number of nitrogens with zero attached hydrogens (tertiary/aromatic N) is 1. The van der Waals surface area contributed by atoms with Crippen molar-refractivity contribution in [3.05, 3.63) is 59.5 Å². The highest BCUT2D eigenvalue weighted by molar-refractivity contribution is 7.99. The van der Waals surface area contributed by atoms with Gasteiger partial charge in [0.15, 0.2) is 5.78 Å². The number of amides is 1. The van der Waals surface area contributed by atoms with E-state index in [1.807, 2.05) is 18.2 Å². The summed E-state index contributed by atoms with van der Waals surface area (Å²) in [4.78, 5) is 25.4. The van der Waals surface area contributed by atoms with Crippen LogP contribution >= 0.6 is 11.8 Å². The zero-order valence-corrected chi connectivity index (χ0v) is 21.7. The Morgan fingerprint density at radius 2 is 2.00 bits per heavy atom. The molecule has 190 valence electrons. The molecule has 0 aliphatic heterocycles. The number of ether oxygens (including phenoxy) is 1. The fourth-order valence-electron chi connectivity index (χ4n) is 3.69. The lowest BCUT2D eigenvalue weighted by Crippen LogP contribution is -2.48. The van der Waals surface area contributed by atoms with Crippen LogP contribution in [0.5, 0.6) is 0 Å². The first-order chi connectivity index (χ1) is 16.9. The normalized spacial score (nSPS) is 12.7. The largest absolute Gasteiger partial charge is 0.468 e. The fraction of sp³-hybridized carbons (Fsp3) is 0.519. The number of unbranched alkanes of at least 4 members (excludes halogenated alkanes) is 1. The minimum atomic E-state index is -0.532. The minimum absolute atomic E-state index is 0.0297. The molecule has 0 saturated carbocycles. The van der Waals surface area contributed by atoms with Crippen LogP contribution in [0.25, 0.3) is 0 Å². The quantitative estimate of drug-likeness (QED) is 0.317. The van der Waals surface area contributed by atoms with Gasteiger partial charge in [-0.2, -0.15) is 5.26 Å². The van der Waals surface area contributed by atoms with Gasteiger partial charge in [0.05, 0.1) is 35.4 Å². The smallest absolute Gasteiger partial charge is 0.407 e. The van der Waals surface area contributed by atoms with E-state index >= 15 is 0 Å². The Kier molecular flexibility index (Phi) is 13.0. The van der Waals surface area contributed by atoms with E-state index in [2.05, 4.69) is 37.5 Å². The van der Waals surface area contributed by atoms with Gasteiger partial charge in [0.1, 0.15) is 12.4 Å². The second-order valence-corrected chi connectivity index (χ2v) is 9.94. The molecule has 0 bridgehead atoms. The molecule has 0 aliphatic carbocycles. The van der Waals surface area contributed by atoms with Gasteiger partial charge in [0, 0.05) is 18.2 Å². The molecular weight excluding hydrogens is 462 g/mol. The lowest BCUT2D eigenvalue weighted by Gasteiger charge is -2.24. The van der Waals surface area contributed by atoms with Crippen LogP contribution in [0.1, 0.15) is 63.3 Å². The van der Waals surface area contributed by atoms with Crippen LogP contribution in [0.2, 0.25) is 0 Å². The number of nitrogens with one attached hydrogen (secondary N) is 2. The summed E-state index contributed by atoms with van der Waals surface area (Å²) < 4.78 is 10.7. The van der Waals surface area contributed by atoms with Crippen LogP contribution in [0.15, 0.2) is 47.1 Å². The van der Waals surface area contributed by atoms with Crippen molar-refractivity contribution in [2.45, 2.75) is 70.9 Å². The maximum atomic E-state index is 12.9. The lowest BCUT2D eigenvalue weighted by molar-refractivity contribution is -0.118. The van der Waals surface area contributed by atoms with Gasteiger partial charge in [-0.1, -0.05) is 51.8 Å². The van der Waals surface area contributed by atoms with Crippen molar-refractivity contribution in [2.75, 3.05) is 12.3 Å². The van der Waals surface area contributed by atoms with Crippen molar-refractivity contribution in [1.82, 2.24) is 10.6 Å². The molecule has 1 amide bonds. The van der Waals surface area contributed by atoms with Crippen LogP contribution in [-0.4, -0.2) is 36.3 Å². The zero-order valence-electron chi connectivity index (χ0n) is 20.9. The van der Waals surface area contributed by atoms with Gasteiger partial charge in [0.25, 0.3) is 0 Å². The van der Waals surface area contributed by atoms with Crippen molar-refractivity contribution < 1.29 is 18.7 Å². The average Bonchev–Trinajstić information content (AvgIpc) is 3.36. The molecule has 0 aliphatic rings. The number of rotatable bonds is 16. The van der Waals surface area contributed by atoms with Crippen LogP contribution in [-0.2, 0) is 21.9 Å². The third kappa shape index (κ3) is 11.0. The molecule has 2 rings (SSSR count). The standard InChI is InChI=1S/C27H37N3O4S/c1-4-5-12-25(26(31)19-35-18-24-11-8-13-33-24)29-16-23(14-20(2)3)30-27(32)34-17-22-10-7-6-9-21(22)15-28/h6-11,13,20,23,25,29H,4-5,12,14,16-19H2,1-3H3,(H,30,32). The number of carbonyl (C=O) groups is 2. The molecule has 0 fully saturated rings. The summed E-state index contributed by atoms with van der Waals surface area (Å²) in [6, 6.07) is 12.5. The summed E-state index contributed by atoms with van der Waals surface area (Å²) in [5.74, 6) is 2.45. The van der Waals surface area contributed by atoms with Crippen molar-refractivity contribution >= 4 is 23.6 Å². The Hall–Kier alpha value is -2.76. The summed E-state index contributed by atoms with van der Waals surface area (Å²) in [7, 11) is 0. The average molecular weight is 500 g/mol. The number of benzene rings is 1. The molecule has 1 aromatic heterocycles. The second-order valence-electron chi connectivity index (χ2n) is 8.96. The van der Waals surface area contributed by atoms with Crippen molar-refractivity contribution in [2.24, 2.45) is 5.92 Å². The molecule has 0 radical (unpaired) electrons. The minimum Gasteiger partial charge on any atom is -0.468 e. The first kappa shape index (κ1) is 28.5. The number of hydrogen-bond donors (Lipinski definition) is 2. The lowest BCUT2D eigenvalue weighted by atomic mass is 10.0. The third-order valence-electron chi connectivity index (χ3n) is 5.49. The molecule has 2 atom stereocenters. The predicted octanol–water partition coefficient (Wildman–Crippen LogP) is 5.44. The third-order valence-corrected chi connectivity index (χ3v) is 6.47. The summed E-state index contributed by atoms with van der Waals surface area (Å²) in [6.45, 7) is 6.80. The van der Waals surface area contributed by atoms with Crippen LogP contribution in [0.4, 0.5) is 4.79 Å². The molecule has 2 unspecified atom stereocenters. The number of Topliss-reactive ketones (excluding diaryl/α,β-unsaturated/α-hetero) is 1. The summed E-state index contributed by atoms with van der Waals surface area (Å²) in [5, 5.41) is 15.5. The highest BCUT2D eigenvalue weighted by Crippen LogP contribution is 2.15. The van der Waals surface area contributed by atoms with E-state index < -0.39 is 6.09 Å². The van der Waals surface area contributed by atoms with Gasteiger partial charge < -0.3 is 19.8 Å². The summed E-state index contributed by atoms with van der Waals surface area (Å²) in [5.41, 5.74) is 1.16. The number of thioether (sulfide) groups is 1. The maximum Gasteiger partial charge on any atom is 0.407 e. The van der Waals surface area contributed by atoms with E-state index in [0.717, 1.165) is 31.4 Å². The van der Waals surface area contributed by atoms with Gasteiger partial charge >= 0.3 is 6.09 Å². The van der Waals surface area contributed by atoms with Gasteiger partial charge in [-0.05, 0) is 37.0 Å². The Balaban J connectivity index is 1.88. The number of furan rings is 1. The van der Waals surface area contributed by atoms with Crippen molar-refractivity contribution in [3.63, 3.8) is 0 Å². The Labute approximate surface area is 213 Å². The van der Waals surface area contributed by atoms with E-state index in [-0.39, 0.29) is 24.5 Å². The van der Waals surface area contributed by atoms with Gasteiger partial charge in [-0.3, -0.25) is 4.79 Å². The van der Waals surface area contributed by atoms with Crippen LogP contribution < -0.4 is 10.6 Å². The molecule has 7 nitrogen and oxygen atoms in total. The Morgan fingerprint density at radius 3 is 2.69 bits per heavy atom. The van der Waals surface area contributed by atoms with Crippen LogP contribution in [0.3, 0.4) is 0 Å². The van der Waals surface area contributed by atoms with Gasteiger partial charge in [-0.15, -0.1) is 11.8 Å². The Morgan fingerprint density at radius 1 is 1.20 bits per heavy atom. The highest BCUT2D eigenvalue weighted by atomic mass is 32.2. The van der Waals surface area contributed by atoms with E-state index in [1.54, 1.807) is 36.2 Å². The molecule has 0 spiro atoms. The van der Waals surface area contributed by atoms with E-state index in [4.69, 9.17) is 9.15 Å². The molecule has 0 saturated heterocycles. The molecule has 2 N–H and O–H groups in total. The van der Waals surface area contributed by atoms with Crippen molar-refractivity contribution in [3.8, 4) is 6.07 Å². The second kappa shape index (κ2) is 16.0. The van der Waals surface area contributed by atoms with Crippen LogP contribution in [0, 0.1) is 17.2 Å². The predicted molar refractivity (Wildman–Crippen MR) is 139 cm³/mol. The molecular formula is C27H37N3O4S. The first-order valence-corrected chi connectivity index (χ1v) is 13.4. The number of alkyl carbamates (subject to hydrolysis) is 1.